The van der Waals surface area contributed by atoms with Crippen LogP contribution in [-0.4, -0.2) is 55.2 Å². The number of urea groups is 1. The van der Waals surface area contributed by atoms with Crippen LogP contribution in [0, 0.1) is 11.3 Å². The number of allylic oxidation sites excluding steroid dienone is 1. The van der Waals surface area contributed by atoms with Crippen LogP contribution in [0.15, 0.2) is 34.7 Å². The number of ether oxygens (including phenoxy) is 1. The molecular formula is C20H24ClN3O2S. The first-order valence-electron chi connectivity index (χ1n) is 9.24. The second-order valence-corrected chi connectivity index (χ2v) is 7.97. The molecule has 144 valence electrons. The van der Waals surface area contributed by atoms with Crippen LogP contribution in [0.5, 0.6) is 0 Å². The van der Waals surface area contributed by atoms with Crippen LogP contribution in [0.2, 0.25) is 0 Å². The number of nitriles is 1. The summed E-state index contributed by atoms with van der Waals surface area (Å²) < 4.78 is 5.38. The van der Waals surface area contributed by atoms with E-state index in [1.807, 2.05) is 34.1 Å². The normalized spacial score (nSPS) is 18.3. The van der Waals surface area contributed by atoms with Crippen LogP contribution < -0.4 is 0 Å². The number of carbonyl (C=O) groups is 1. The second-order valence-electron chi connectivity index (χ2n) is 6.88. The van der Waals surface area contributed by atoms with Gasteiger partial charge in [-0.05, 0) is 70.6 Å². The zero-order valence-electron chi connectivity index (χ0n) is 15.5. The Balaban J connectivity index is 1.62. The number of halogens is 1. The number of carbonyl (C=O) groups excluding carboxylic acids is 1. The van der Waals surface area contributed by atoms with E-state index in [9.17, 15) is 10.1 Å². The molecule has 2 heterocycles. The van der Waals surface area contributed by atoms with Gasteiger partial charge in [0.25, 0.3) is 0 Å². The summed E-state index contributed by atoms with van der Waals surface area (Å²) in [4.78, 5) is 17.6. The minimum atomic E-state index is 0.116. The molecule has 2 saturated heterocycles. The molecule has 2 fully saturated rings. The standard InChI is InChI=1S/C20H24ClN3O2S/c1-26-17-8-12-24(13-9-17)20(25)23-10-6-16(7-11-23)19(14-22)15-2-4-18(27-21)5-3-15/h2-5,17H,6-13H2,1H3. The molecule has 0 aromatic heterocycles. The lowest BCUT2D eigenvalue weighted by Gasteiger charge is -2.37. The Morgan fingerprint density at radius 1 is 1.15 bits per heavy atom. The highest BCUT2D eigenvalue weighted by Crippen LogP contribution is 2.29. The van der Waals surface area contributed by atoms with E-state index in [1.54, 1.807) is 7.11 Å². The summed E-state index contributed by atoms with van der Waals surface area (Å²) in [5.74, 6) is 0. The van der Waals surface area contributed by atoms with Crippen molar-refractivity contribution in [2.75, 3.05) is 33.3 Å². The Bertz CT molecular complexity index is 727. The Morgan fingerprint density at radius 2 is 1.74 bits per heavy atom. The van der Waals surface area contributed by atoms with E-state index in [2.05, 4.69) is 6.07 Å². The molecule has 2 aliphatic heterocycles. The third-order valence-corrected chi connectivity index (χ3v) is 6.37. The van der Waals surface area contributed by atoms with Gasteiger partial charge in [0.1, 0.15) is 0 Å². The number of hydrogen-bond donors (Lipinski definition) is 0. The average Bonchev–Trinajstić information content (AvgIpc) is 2.75. The lowest BCUT2D eigenvalue weighted by atomic mass is 9.94. The predicted octanol–water partition coefficient (Wildman–Crippen LogP) is 4.54. The molecule has 0 atom stereocenters. The zero-order chi connectivity index (χ0) is 19.2. The van der Waals surface area contributed by atoms with Gasteiger partial charge in [-0.15, -0.1) is 0 Å². The van der Waals surface area contributed by atoms with Crippen LogP contribution in [-0.2, 0) is 4.74 Å². The van der Waals surface area contributed by atoms with Crippen molar-refractivity contribution in [3.8, 4) is 6.07 Å². The molecule has 2 amide bonds. The highest BCUT2D eigenvalue weighted by Gasteiger charge is 2.28. The molecule has 2 aliphatic rings. The Hall–Kier alpha value is -1.68. The van der Waals surface area contributed by atoms with Crippen molar-refractivity contribution in [2.45, 2.75) is 36.7 Å². The smallest absolute Gasteiger partial charge is 0.320 e. The highest BCUT2D eigenvalue weighted by molar-refractivity contribution is 8.21. The second kappa shape index (κ2) is 9.50. The molecule has 1 aromatic carbocycles. The molecule has 0 N–H and O–H groups in total. The molecule has 3 rings (SSSR count). The van der Waals surface area contributed by atoms with Gasteiger partial charge in [0.15, 0.2) is 0 Å². The Labute approximate surface area is 169 Å². The lowest BCUT2D eigenvalue weighted by Crippen LogP contribution is -2.49. The van der Waals surface area contributed by atoms with Crippen molar-refractivity contribution < 1.29 is 9.53 Å². The van der Waals surface area contributed by atoms with Crippen LogP contribution in [0.3, 0.4) is 0 Å². The molecule has 0 radical (unpaired) electrons. The number of amides is 2. The third-order valence-electron chi connectivity index (χ3n) is 5.38. The van der Waals surface area contributed by atoms with Crippen molar-refractivity contribution in [1.29, 1.82) is 5.26 Å². The van der Waals surface area contributed by atoms with Crippen molar-refractivity contribution in [2.24, 2.45) is 0 Å². The van der Waals surface area contributed by atoms with Gasteiger partial charge in [0.2, 0.25) is 0 Å². The molecule has 7 heteroatoms. The summed E-state index contributed by atoms with van der Waals surface area (Å²) in [6.07, 6.45) is 3.56. The summed E-state index contributed by atoms with van der Waals surface area (Å²) in [5.41, 5.74) is 2.78. The molecule has 27 heavy (non-hydrogen) atoms. The van der Waals surface area contributed by atoms with Crippen LogP contribution in [0.1, 0.15) is 31.2 Å². The fourth-order valence-electron chi connectivity index (χ4n) is 3.72. The van der Waals surface area contributed by atoms with Gasteiger partial charge in [-0.25, -0.2) is 4.79 Å². The third kappa shape index (κ3) is 4.78. The van der Waals surface area contributed by atoms with E-state index in [-0.39, 0.29) is 12.1 Å². The number of likely N-dealkylation sites (tertiary alicyclic amines) is 2. The molecule has 5 nitrogen and oxygen atoms in total. The van der Waals surface area contributed by atoms with Crippen LogP contribution in [0.4, 0.5) is 4.79 Å². The molecular weight excluding hydrogens is 382 g/mol. The number of hydrogen-bond acceptors (Lipinski definition) is 4. The predicted molar refractivity (Wildman–Crippen MR) is 108 cm³/mol. The van der Waals surface area contributed by atoms with Gasteiger partial charge in [-0.1, -0.05) is 12.1 Å². The molecule has 0 saturated carbocycles. The first kappa shape index (κ1) is 20.1. The van der Waals surface area contributed by atoms with Gasteiger partial charge in [0.05, 0.1) is 17.7 Å². The number of benzene rings is 1. The van der Waals surface area contributed by atoms with Crippen molar-refractivity contribution in [3.63, 3.8) is 0 Å². The van der Waals surface area contributed by atoms with Gasteiger partial charge in [-0.3, -0.25) is 0 Å². The number of nitrogens with zero attached hydrogens (tertiary/aromatic N) is 3. The summed E-state index contributed by atoms with van der Waals surface area (Å²) >= 11 is 0. The van der Waals surface area contributed by atoms with Crippen molar-refractivity contribution >= 4 is 33.3 Å². The number of methoxy groups -OCH3 is 1. The molecule has 0 spiro atoms. The maximum atomic E-state index is 12.7. The molecule has 1 aromatic rings. The first-order valence-corrected chi connectivity index (χ1v) is 10.9. The minimum Gasteiger partial charge on any atom is -0.381 e. The first-order chi connectivity index (χ1) is 13.2. The zero-order valence-corrected chi connectivity index (χ0v) is 17.1. The Kier molecular flexibility index (Phi) is 7.06. The maximum Gasteiger partial charge on any atom is 0.320 e. The van der Waals surface area contributed by atoms with Gasteiger partial charge < -0.3 is 14.5 Å². The van der Waals surface area contributed by atoms with E-state index in [1.165, 1.54) is 11.0 Å². The number of piperidine rings is 2. The summed E-state index contributed by atoms with van der Waals surface area (Å²) in [6.45, 7) is 2.84. The molecule has 0 unspecified atom stereocenters. The van der Waals surface area contributed by atoms with E-state index in [4.69, 9.17) is 15.4 Å². The average molecular weight is 406 g/mol. The topological polar surface area (TPSA) is 56.6 Å². The fraction of sp³-hybridized carbons (Fsp3) is 0.500. The quantitative estimate of drug-likeness (QED) is 0.693. The van der Waals surface area contributed by atoms with Crippen molar-refractivity contribution in [3.05, 3.63) is 35.4 Å². The van der Waals surface area contributed by atoms with Gasteiger partial charge in [0, 0.05) is 38.2 Å². The van der Waals surface area contributed by atoms with E-state index in [0.29, 0.717) is 13.1 Å². The largest absolute Gasteiger partial charge is 0.381 e. The monoisotopic (exact) mass is 405 g/mol. The maximum absolute atomic E-state index is 12.7. The lowest BCUT2D eigenvalue weighted by molar-refractivity contribution is 0.0441. The molecule has 0 aliphatic carbocycles. The minimum absolute atomic E-state index is 0.116. The SMILES string of the molecule is COC1CCN(C(=O)N2CCC(=C(C#N)c3ccc(SCl)cc3)CC2)CC1. The van der Waals surface area contributed by atoms with E-state index in [0.717, 1.165) is 60.4 Å². The highest BCUT2D eigenvalue weighted by atomic mass is 35.7. The summed E-state index contributed by atoms with van der Waals surface area (Å²) in [5, 5.41) is 9.65. The Morgan fingerprint density at radius 3 is 2.26 bits per heavy atom. The van der Waals surface area contributed by atoms with Crippen LogP contribution in [0.25, 0.3) is 5.57 Å². The summed E-state index contributed by atoms with van der Waals surface area (Å²) in [7, 11) is 8.66. The van der Waals surface area contributed by atoms with Crippen molar-refractivity contribution in [1.82, 2.24) is 9.80 Å². The summed E-state index contributed by atoms with van der Waals surface area (Å²) in [6, 6.07) is 10.2. The van der Waals surface area contributed by atoms with E-state index < -0.39 is 0 Å². The molecule has 0 bridgehead atoms. The van der Waals surface area contributed by atoms with Crippen LogP contribution >= 0.6 is 21.7 Å². The van der Waals surface area contributed by atoms with Gasteiger partial charge >= 0.3 is 6.03 Å². The van der Waals surface area contributed by atoms with E-state index >= 15 is 0 Å². The van der Waals surface area contributed by atoms with Gasteiger partial charge in [-0.2, -0.15) is 5.26 Å². The fourth-order valence-corrected chi connectivity index (χ4v) is 4.27. The number of rotatable bonds is 3.